The number of nitrogen functional groups attached to an aromatic ring is 1. The van der Waals surface area contributed by atoms with E-state index in [1.165, 1.54) is 6.26 Å². The molecule has 0 amide bonds. The van der Waals surface area contributed by atoms with E-state index in [-0.39, 0.29) is 4.90 Å². The first-order valence-corrected chi connectivity index (χ1v) is 10.3. The second-order valence-electron chi connectivity index (χ2n) is 6.05. The van der Waals surface area contributed by atoms with E-state index in [4.69, 9.17) is 5.73 Å². The van der Waals surface area contributed by atoms with Gasteiger partial charge < -0.3 is 5.73 Å². The largest absolute Gasteiger partial charge is 0.384 e. The highest BCUT2D eigenvalue weighted by atomic mass is 32.2. The van der Waals surface area contributed by atoms with Gasteiger partial charge in [-0.05, 0) is 42.3 Å². The molecule has 0 atom stereocenters. The second-order valence-corrected chi connectivity index (χ2v) is 8.07. The van der Waals surface area contributed by atoms with Crippen LogP contribution < -0.4 is 5.73 Å². The third-order valence-corrected chi connectivity index (χ3v) is 5.20. The highest BCUT2D eigenvalue weighted by molar-refractivity contribution is 7.90. The lowest BCUT2D eigenvalue weighted by atomic mass is 9.98. The normalized spacial score (nSPS) is 10.9. The molecule has 0 aliphatic heterocycles. The minimum atomic E-state index is -3.23. The molecule has 0 spiro atoms. The zero-order valence-corrected chi connectivity index (χ0v) is 15.9. The number of aromatic nitrogens is 2. The number of benzene rings is 1. The van der Waals surface area contributed by atoms with Crippen LogP contribution in [0.15, 0.2) is 59.8 Å². The van der Waals surface area contributed by atoms with Gasteiger partial charge in [0.2, 0.25) is 0 Å². The lowest BCUT2D eigenvalue weighted by Gasteiger charge is -2.09. The molecular formula is C21H19N3O2S. The summed E-state index contributed by atoms with van der Waals surface area (Å²) in [6.45, 7) is 2.02. The van der Waals surface area contributed by atoms with Crippen molar-refractivity contribution in [3.63, 3.8) is 0 Å². The molecule has 3 rings (SSSR count). The Hall–Kier alpha value is -3.17. The quantitative estimate of drug-likeness (QED) is 0.709. The summed E-state index contributed by atoms with van der Waals surface area (Å²) in [5.74, 6) is 6.75. The maximum atomic E-state index is 11.7. The summed E-state index contributed by atoms with van der Waals surface area (Å²) in [5.41, 5.74) is 9.88. The molecular weight excluding hydrogens is 358 g/mol. The Kier molecular flexibility index (Phi) is 5.24. The zero-order chi connectivity index (χ0) is 19.4. The molecule has 136 valence electrons. The third kappa shape index (κ3) is 4.33. The van der Waals surface area contributed by atoms with Crippen LogP contribution in [0.5, 0.6) is 0 Å². The van der Waals surface area contributed by atoms with Crippen LogP contribution >= 0.6 is 0 Å². The molecule has 0 aliphatic carbocycles. The first-order valence-electron chi connectivity index (χ1n) is 8.40. The Bertz CT molecular complexity index is 1120. The van der Waals surface area contributed by atoms with E-state index < -0.39 is 9.84 Å². The van der Waals surface area contributed by atoms with Gasteiger partial charge >= 0.3 is 0 Å². The summed E-state index contributed by atoms with van der Waals surface area (Å²) in [5, 5.41) is 0. The van der Waals surface area contributed by atoms with Crippen molar-refractivity contribution < 1.29 is 8.42 Å². The average molecular weight is 377 g/mol. The smallest absolute Gasteiger partial charge is 0.175 e. The van der Waals surface area contributed by atoms with Gasteiger partial charge in [0.15, 0.2) is 9.84 Å². The molecule has 1 aromatic carbocycles. The fraction of sp³-hybridized carbons (Fsp3) is 0.143. The average Bonchev–Trinajstić information content (AvgIpc) is 2.66. The number of hydrogen-bond acceptors (Lipinski definition) is 5. The molecule has 0 unspecified atom stereocenters. The first-order chi connectivity index (χ1) is 12.9. The maximum Gasteiger partial charge on any atom is 0.175 e. The van der Waals surface area contributed by atoms with Crippen molar-refractivity contribution in [1.29, 1.82) is 0 Å². The second kappa shape index (κ2) is 7.60. The zero-order valence-electron chi connectivity index (χ0n) is 15.1. The van der Waals surface area contributed by atoms with Gasteiger partial charge in [-0.1, -0.05) is 30.9 Å². The summed E-state index contributed by atoms with van der Waals surface area (Å²) in [4.78, 5) is 8.77. The molecule has 3 aromatic rings. The predicted molar refractivity (Wildman–Crippen MR) is 107 cm³/mol. The van der Waals surface area contributed by atoms with Gasteiger partial charge in [-0.2, -0.15) is 0 Å². The van der Waals surface area contributed by atoms with E-state index in [1.54, 1.807) is 42.7 Å². The number of pyridine rings is 2. The molecule has 0 aliphatic rings. The van der Waals surface area contributed by atoms with Gasteiger partial charge in [0.05, 0.1) is 16.2 Å². The molecule has 27 heavy (non-hydrogen) atoms. The van der Waals surface area contributed by atoms with Crippen molar-refractivity contribution in [3.8, 4) is 23.0 Å². The third-order valence-electron chi connectivity index (χ3n) is 4.08. The van der Waals surface area contributed by atoms with E-state index in [1.807, 2.05) is 19.1 Å². The van der Waals surface area contributed by atoms with Crippen molar-refractivity contribution in [2.24, 2.45) is 0 Å². The fourth-order valence-electron chi connectivity index (χ4n) is 2.65. The highest BCUT2D eigenvalue weighted by Gasteiger charge is 2.11. The van der Waals surface area contributed by atoms with Crippen LogP contribution in [0.3, 0.4) is 0 Å². The van der Waals surface area contributed by atoms with Crippen molar-refractivity contribution in [1.82, 2.24) is 9.97 Å². The van der Waals surface area contributed by atoms with Crippen LogP contribution in [0.4, 0.5) is 5.82 Å². The molecule has 2 N–H and O–H groups in total. The number of anilines is 1. The van der Waals surface area contributed by atoms with Crippen molar-refractivity contribution in [2.45, 2.75) is 18.2 Å². The van der Waals surface area contributed by atoms with Gasteiger partial charge in [-0.15, -0.1) is 0 Å². The molecule has 2 heterocycles. The van der Waals surface area contributed by atoms with Crippen LogP contribution in [0.2, 0.25) is 0 Å². The number of sulfone groups is 1. The molecule has 2 aromatic heterocycles. The minimum absolute atomic E-state index is 0.289. The van der Waals surface area contributed by atoms with Crippen LogP contribution in [-0.4, -0.2) is 24.6 Å². The van der Waals surface area contributed by atoms with Crippen molar-refractivity contribution in [3.05, 3.63) is 71.7 Å². The van der Waals surface area contributed by atoms with Crippen LogP contribution in [-0.2, 0) is 16.3 Å². The topological polar surface area (TPSA) is 85.9 Å². The van der Waals surface area contributed by atoms with Crippen LogP contribution in [0.1, 0.15) is 23.7 Å². The predicted octanol–water partition coefficient (Wildman–Crippen LogP) is 3.09. The minimum Gasteiger partial charge on any atom is -0.384 e. The SMILES string of the molecule is CCc1nccc(-c2ccc(S(C)(=O)=O)cc2)c1C#Cc1ccc(N)nc1. The van der Waals surface area contributed by atoms with Crippen LogP contribution in [0.25, 0.3) is 11.1 Å². The van der Waals surface area contributed by atoms with Gasteiger partial charge in [-0.3, -0.25) is 4.98 Å². The van der Waals surface area contributed by atoms with E-state index in [0.717, 1.165) is 34.4 Å². The van der Waals surface area contributed by atoms with Crippen LogP contribution in [0, 0.1) is 11.8 Å². The summed E-state index contributed by atoms with van der Waals surface area (Å²) in [7, 11) is -3.23. The molecule has 5 nitrogen and oxygen atoms in total. The molecule has 0 fully saturated rings. The Labute approximate surface area is 159 Å². The maximum absolute atomic E-state index is 11.7. The summed E-state index contributed by atoms with van der Waals surface area (Å²) >= 11 is 0. The van der Waals surface area contributed by atoms with Crippen molar-refractivity contribution >= 4 is 15.7 Å². The van der Waals surface area contributed by atoms with Gasteiger partial charge in [0, 0.05) is 29.8 Å². The van der Waals surface area contributed by atoms with E-state index in [0.29, 0.717) is 5.82 Å². The van der Waals surface area contributed by atoms with E-state index in [2.05, 4.69) is 21.8 Å². The molecule has 6 heteroatoms. The Balaban J connectivity index is 2.08. The van der Waals surface area contributed by atoms with Gasteiger partial charge in [0.1, 0.15) is 5.82 Å². The Morgan fingerprint density at radius 2 is 1.74 bits per heavy atom. The van der Waals surface area contributed by atoms with E-state index >= 15 is 0 Å². The molecule has 0 radical (unpaired) electrons. The fourth-order valence-corrected chi connectivity index (χ4v) is 3.28. The highest BCUT2D eigenvalue weighted by Crippen LogP contribution is 2.26. The first kappa shape index (κ1) is 18.6. The van der Waals surface area contributed by atoms with Gasteiger partial charge in [0.25, 0.3) is 0 Å². The Morgan fingerprint density at radius 1 is 1.00 bits per heavy atom. The van der Waals surface area contributed by atoms with Gasteiger partial charge in [-0.25, -0.2) is 13.4 Å². The standard InChI is InChI=1S/C21H19N3O2S/c1-3-20-19(10-4-15-5-11-21(22)24-14-15)18(12-13-23-20)16-6-8-17(9-7-16)27(2,25)26/h5-9,11-14H,3H2,1-2H3,(H2,22,24). The number of nitrogens with zero attached hydrogens (tertiary/aromatic N) is 2. The number of aryl methyl sites for hydroxylation is 1. The summed E-state index contributed by atoms with van der Waals surface area (Å²) in [6.07, 6.45) is 5.31. The number of hydrogen-bond donors (Lipinski definition) is 1. The lowest BCUT2D eigenvalue weighted by molar-refractivity contribution is 0.602. The number of rotatable bonds is 3. The van der Waals surface area contributed by atoms with Crippen molar-refractivity contribution in [2.75, 3.05) is 12.0 Å². The molecule has 0 saturated carbocycles. The molecule has 0 saturated heterocycles. The summed E-state index contributed by atoms with van der Waals surface area (Å²) in [6, 6.07) is 12.2. The van der Waals surface area contributed by atoms with E-state index in [9.17, 15) is 8.42 Å². The Morgan fingerprint density at radius 3 is 2.33 bits per heavy atom. The number of nitrogens with two attached hydrogens (primary N) is 1. The molecule has 0 bridgehead atoms. The monoisotopic (exact) mass is 377 g/mol. The summed E-state index contributed by atoms with van der Waals surface area (Å²) < 4.78 is 23.4. The lowest BCUT2D eigenvalue weighted by Crippen LogP contribution is -1.98.